The molecule has 0 aliphatic carbocycles. The highest BCUT2D eigenvalue weighted by atomic mass is 16.5. The second-order valence-electron chi connectivity index (χ2n) is 5.97. The summed E-state index contributed by atoms with van der Waals surface area (Å²) in [6.07, 6.45) is 3.71. The van der Waals surface area contributed by atoms with Crippen LogP contribution in [-0.2, 0) is 9.53 Å². The van der Waals surface area contributed by atoms with Crippen molar-refractivity contribution in [3.05, 3.63) is 0 Å². The van der Waals surface area contributed by atoms with Gasteiger partial charge in [0, 0.05) is 38.1 Å². The molecule has 20 heavy (non-hydrogen) atoms. The van der Waals surface area contributed by atoms with Gasteiger partial charge in [-0.05, 0) is 33.1 Å². The fourth-order valence-electron chi connectivity index (χ4n) is 3.20. The van der Waals surface area contributed by atoms with Crippen LogP contribution in [0.1, 0.15) is 46.0 Å². The zero-order valence-electron chi connectivity index (χ0n) is 12.2. The molecule has 2 unspecified atom stereocenters. The largest absolute Gasteiger partial charge is 0.480 e. The van der Waals surface area contributed by atoms with E-state index in [1.54, 1.807) is 4.90 Å². The minimum Gasteiger partial charge on any atom is -0.480 e. The Labute approximate surface area is 119 Å². The van der Waals surface area contributed by atoms with Gasteiger partial charge in [0.15, 0.2) is 0 Å². The van der Waals surface area contributed by atoms with Crippen LogP contribution >= 0.6 is 0 Å². The van der Waals surface area contributed by atoms with E-state index < -0.39 is 11.5 Å². The van der Waals surface area contributed by atoms with Crippen LogP contribution in [0.2, 0.25) is 0 Å². The molecule has 0 aromatic heterocycles. The maximum atomic E-state index is 12.5. The summed E-state index contributed by atoms with van der Waals surface area (Å²) in [5, 5.41) is 12.2. The summed E-state index contributed by atoms with van der Waals surface area (Å²) in [6, 6.07) is 0.0582. The average Bonchev–Trinajstić information content (AvgIpc) is 2.39. The molecule has 6 heteroatoms. The molecule has 0 saturated carbocycles. The summed E-state index contributed by atoms with van der Waals surface area (Å²) in [5.41, 5.74) is -1.17. The number of carboxylic acid groups (broad SMARTS) is 1. The van der Waals surface area contributed by atoms with Crippen LogP contribution < -0.4 is 5.32 Å². The summed E-state index contributed by atoms with van der Waals surface area (Å²) in [6.45, 7) is 4.79. The Bertz CT molecular complexity index is 369. The summed E-state index contributed by atoms with van der Waals surface area (Å²) in [7, 11) is 0. The minimum absolute atomic E-state index is 0.157. The molecular weight excluding hydrogens is 260 g/mol. The van der Waals surface area contributed by atoms with Gasteiger partial charge in [-0.1, -0.05) is 0 Å². The van der Waals surface area contributed by atoms with E-state index in [1.807, 2.05) is 13.8 Å². The summed E-state index contributed by atoms with van der Waals surface area (Å²) < 4.78 is 5.22. The Kier molecular flexibility index (Phi) is 4.52. The van der Waals surface area contributed by atoms with Gasteiger partial charge in [-0.2, -0.15) is 0 Å². The lowest BCUT2D eigenvalue weighted by Gasteiger charge is -2.42. The number of hydrogen-bond donors (Lipinski definition) is 2. The van der Waals surface area contributed by atoms with Gasteiger partial charge < -0.3 is 20.1 Å². The van der Waals surface area contributed by atoms with E-state index in [0.717, 1.165) is 19.3 Å². The van der Waals surface area contributed by atoms with Gasteiger partial charge in [0.2, 0.25) is 0 Å². The SMILES string of the molecule is CC1CCCC(C)N1C(=O)NC1(C(=O)O)CCOCC1. The number of carbonyl (C=O) groups is 2. The number of nitrogens with zero attached hydrogens (tertiary/aromatic N) is 1. The fourth-order valence-corrected chi connectivity index (χ4v) is 3.20. The second kappa shape index (κ2) is 5.99. The first-order chi connectivity index (χ1) is 9.46. The molecule has 114 valence electrons. The number of urea groups is 1. The maximum Gasteiger partial charge on any atom is 0.329 e. The lowest BCUT2D eigenvalue weighted by atomic mass is 9.90. The van der Waals surface area contributed by atoms with Crippen molar-refractivity contribution >= 4 is 12.0 Å². The Morgan fingerprint density at radius 3 is 2.25 bits per heavy atom. The highest BCUT2D eigenvalue weighted by molar-refractivity contribution is 5.86. The molecule has 2 amide bonds. The summed E-state index contributed by atoms with van der Waals surface area (Å²) in [5.74, 6) is -0.966. The van der Waals surface area contributed by atoms with Crippen molar-refractivity contribution in [1.29, 1.82) is 0 Å². The van der Waals surface area contributed by atoms with E-state index in [4.69, 9.17) is 4.74 Å². The maximum absolute atomic E-state index is 12.5. The molecule has 0 radical (unpaired) electrons. The van der Waals surface area contributed by atoms with E-state index in [1.165, 1.54) is 0 Å². The van der Waals surface area contributed by atoms with Crippen molar-refractivity contribution in [2.75, 3.05) is 13.2 Å². The third-order valence-corrected chi connectivity index (χ3v) is 4.53. The molecule has 2 N–H and O–H groups in total. The van der Waals surface area contributed by atoms with Crippen molar-refractivity contribution in [2.24, 2.45) is 0 Å². The third-order valence-electron chi connectivity index (χ3n) is 4.53. The van der Waals surface area contributed by atoms with Crippen molar-refractivity contribution in [2.45, 2.75) is 63.6 Å². The monoisotopic (exact) mass is 284 g/mol. The number of aliphatic carboxylic acids is 1. The Hall–Kier alpha value is -1.30. The molecule has 0 aromatic rings. The normalized spacial score (nSPS) is 29.8. The number of ether oxygens (including phenoxy) is 1. The number of rotatable bonds is 2. The first-order valence-electron chi connectivity index (χ1n) is 7.38. The van der Waals surface area contributed by atoms with Gasteiger partial charge in [-0.3, -0.25) is 0 Å². The molecule has 2 rings (SSSR count). The number of nitrogens with one attached hydrogen (secondary N) is 1. The molecule has 0 aromatic carbocycles. The number of carbonyl (C=O) groups excluding carboxylic acids is 1. The van der Waals surface area contributed by atoms with Crippen molar-refractivity contribution in [1.82, 2.24) is 10.2 Å². The van der Waals surface area contributed by atoms with E-state index in [9.17, 15) is 14.7 Å². The predicted octanol–water partition coefficient (Wildman–Crippen LogP) is 1.59. The van der Waals surface area contributed by atoms with Crippen molar-refractivity contribution < 1.29 is 19.4 Å². The van der Waals surface area contributed by atoms with Crippen LogP contribution in [-0.4, -0.2) is 52.8 Å². The van der Waals surface area contributed by atoms with Gasteiger partial charge in [0.05, 0.1) is 0 Å². The van der Waals surface area contributed by atoms with E-state index in [-0.39, 0.29) is 18.1 Å². The first-order valence-corrected chi connectivity index (χ1v) is 7.38. The summed E-state index contributed by atoms with van der Waals surface area (Å²) in [4.78, 5) is 25.9. The van der Waals surface area contributed by atoms with Crippen LogP contribution in [0.15, 0.2) is 0 Å². The molecule has 6 nitrogen and oxygen atoms in total. The highest BCUT2D eigenvalue weighted by Gasteiger charge is 2.43. The van der Waals surface area contributed by atoms with Gasteiger partial charge in [-0.15, -0.1) is 0 Å². The van der Waals surface area contributed by atoms with Gasteiger partial charge >= 0.3 is 12.0 Å². The van der Waals surface area contributed by atoms with Crippen molar-refractivity contribution in [3.63, 3.8) is 0 Å². The molecule has 2 heterocycles. The van der Waals surface area contributed by atoms with Gasteiger partial charge in [0.25, 0.3) is 0 Å². The van der Waals surface area contributed by atoms with Crippen LogP contribution in [0.3, 0.4) is 0 Å². The Morgan fingerprint density at radius 1 is 1.20 bits per heavy atom. The van der Waals surface area contributed by atoms with E-state index in [2.05, 4.69) is 5.32 Å². The van der Waals surface area contributed by atoms with Crippen LogP contribution in [0.25, 0.3) is 0 Å². The number of amides is 2. The number of piperidine rings is 1. The first kappa shape index (κ1) is 15.1. The molecule has 2 aliphatic heterocycles. The number of likely N-dealkylation sites (tertiary alicyclic amines) is 1. The topological polar surface area (TPSA) is 78.9 Å². The molecule has 0 spiro atoms. The second-order valence-corrected chi connectivity index (χ2v) is 5.97. The van der Waals surface area contributed by atoms with Gasteiger partial charge in [0.1, 0.15) is 5.54 Å². The quantitative estimate of drug-likeness (QED) is 0.807. The number of hydrogen-bond acceptors (Lipinski definition) is 3. The fraction of sp³-hybridized carbons (Fsp3) is 0.857. The smallest absolute Gasteiger partial charge is 0.329 e. The molecule has 2 atom stereocenters. The molecule has 2 fully saturated rings. The molecule has 0 bridgehead atoms. The zero-order valence-corrected chi connectivity index (χ0v) is 12.2. The minimum atomic E-state index is -1.17. The van der Waals surface area contributed by atoms with Crippen LogP contribution in [0.4, 0.5) is 4.79 Å². The van der Waals surface area contributed by atoms with E-state index in [0.29, 0.717) is 26.1 Å². The predicted molar refractivity (Wildman–Crippen MR) is 73.6 cm³/mol. The highest BCUT2D eigenvalue weighted by Crippen LogP contribution is 2.25. The average molecular weight is 284 g/mol. The Balaban J connectivity index is 2.09. The van der Waals surface area contributed by atoms with E-state index >= 15 is 0 Å². The molecular formula is C14H24N2O4. The molecule has 2 saturated heterocycles. The van der Waals surface area contributed by atoms with Crippen LogP contribution in [0, 0.1) is 0 Å². The zero-order chi connectivity index (χ0) is 14.8. The lowest BCUT2D eigenvalue weighted by Crippen LogP contribution is -2.62. The lowest BCUT2D eigenvalue weighted by molar-refractivity contribution is -0.148. The van der Waals surface area contributed by atoms with Gasteiger partial charge in [-0.25, -0.2) is 9.59 Å². The summed E-state index contributed by atoms with van der Waals surface area (Å²) >= 11 is 0. The number of carboxylic acids is 1. The third kappa shape index (κ3) is 2.90. The standard InChI is InChI=1S/C14H24N2O4/c1-10-4-3-5-11(2)16(10)13(19)15-14(12(17)18)6-8-20-9-7-14/h10-11H,3-9H2,1-2H3,(H,15,19)(H,17,18). The van der Waals surface area contributed by atoms with Crippen LogP contribution in [0.5, 0.6) is 0 Å². The molecule has 2 aliphatic rings. The van der Waals surface area contributed by atoms with Crippen molar-refractivity contribution in [3.8, 4) is 0 Å². The Morgan fingerprint density at radius 2 is 1.75 bits per heavy atom.